The van der Waals surface area contributed by atoms with E-state index in [1.54, 1.807) is 24.3 Å². The molecule has 3 rings (SSSR count). The summed E-state index contributed by atoms with van der Waals surface area (Å²) in [5.41, 5.74) is 0.154. The summed E-state index contributed by atoms with van der Waals surface area (Å²) in [5.74, 6) is -0.928. The summed E-state index contributed by atoms with van der Waals surface area (Å²) in [7, 11) is 0. The third-order valence-electron chi connectivity index (χ3n) is 3.71. The van der Waals surface area contributed by atoms with E-state index in [1.807, 2.05) is 6.92 Å². The van der Waals surface area contributed by atoms with Gasteiger partial charge in [0, 0.05) is 16.7 Å². The molecule has 0 spiro atoms. The highest BCUT2D eigenvalue weighted by Gasteiger charge is 2.16. The van der Waals surface area contributed by atoms with Crippen LogP contribution in [0.5, 0.6) is 5.75 Å². The summed E-state index contributed by atoms with van der Waals surface area (Å²) >= 11 is 5.85. The smallest absolute Gasteiger partial charge is 0.374 e. The number of rotatable bonds is 6. The van der Waals surface area contributed by atoms with Crippen LogP contribution in [0.2, 0.25) is 5.02 Å². The van der Waals surface area contributed by atoms with Crippen LogP contribution in [0.25, 0.3) is 11.0 Å². The Morgan fingerprint density at radius 1 is 1.07 bits per heavy atom. The maximum absolute atomic E-state index is 12.1. The molecule has 2 aromatic carbocycles. The molecular formula is C20H15ClO6. The lowest BCUT2D eigenvalue weighted by molar-refractivity contribution is 0.0444. The number of ketones is 1. The zero-order valence-corrected chi connectivity index (χ0v) is 15.1. The quantitative estimate of drug-likeness (QED) is 0.472. The van der Waals surface area contributed by atoms with Gasteiger partial charge < -0.3 is 13.9 Å². The van der Waals surface area contributed by atoms with E-state index in [-0.39, 0.29) is 22.5 Å². The minimum atomic E-state index is -0.900. The first-order valence-electron chi connectivity index (χ1n) is 8.14. The number of fused-ring (bicyclic) bond motifs is 1. The molecule has 1 heterocycles. The van der Waals surface area contributed by atoms with Crippen molar-refractivity contribution in [3.8, 4) is 5.75 Å². The Bertz CT molecular complexity index is 1050. The second-order valence-electron chi connectivity index (χ2n) is 5.57. The van der Waals surface area contributed by atoms with Crippen LogP contribution in [0.15, 0.2) is 57.7 Å². The first-order chi connectivity index (χ1) is 13.0. The van der Waals surface area contributed by atoms with Crippen molar-refractivity contribution in [2.45, 2.75) is 6.92 Å². The molecule has 0 atom stereocenters. The van der Waals surface area contributed by atoms with E-state index < -0.39 is 18.0 Å². The minimum Gasteiger partial charge on any atom is -0.494 e. The molecule has 0 aliphatic carbocycles. The number of halogens is 1. The predicted molar refractivity (Wildman–Crippen MR) is 99.7 cm³/mol. The minimum absolute atomic E-state index is 0.205. The van der Waals surface area contributed by atoms with E-state index in [0.717, 1.165) is 6.07 Å². The van der Waals surface area contributed by atoms with Crippen LogP contribution >= 0.6 is 11.6 Å². The fraction of sp³-hybridized carbons (Fsp3) is 0.150. The second kappa shape index (κ2) is 8.05. The topological polar surface area (TPSA) is 82.8 Å². The van der Waals surface area contributed by atoms with Crippen molar-refractivity contribution in [3.63, 3.8) is 0 Å². The number of hydrogen-bond donors (Lipinski definition) is 0. The third-order valence-corrected chi connectivity index (χ3v) is 3.95. The van der Waals surface area contributed by atoms with Gasteiger partial charge in [-0.25, -0.2) is 4.79 Å². The zero-order valence-electron chi connectivity index (χ0n) is 14.4. The highest BCUT2D eigenvalue weighted by Crippen LogP contribution is 2.18. The first-order valence-corrected chi connectivity index (χ1v) is 8.52. The van der Waals surface area contributed by atoms with E-state index >= 15 is 0 Å². The van der Waals surface area contributed by atoms with Gasteiger partial charge in [0.15, 0.2) is 17.8 Å². The molecule has 0 N–H and O–H groups in total. The number of ether oxygens (including phenoxy) is 2. The summed E-state index contributed by atoms with van der Waals surface area (Å²) < 4.78 is 15.7. The standard InChI is InChI=1S/C20H15ClO6/c1-2-25-14-6-3-12(4-7-14)17(23)11-26-20(24)19-10-16(22)15-9-13(21)5-8-18(15)27-19/h3-10H,2,11H2,1H3. The highest BCUT2D eigenvalue weighted by molar-refractivity contribution is 6.31. The Kier molecular flexibility index (Phi) is 5.57. The van der Waals surface area contributed by atoms with Crippen molar-refractivity contribution in [3.05, 3.63) is 75.1 Å². The fourth-order valence-corrected chi connectivity index (χ4v) is 2.59. The predicted octanol–water partition coefficient (Wildman–Crippen LogP) is 3.88. The molecule has 0 unspecified atom stereocenters. The SMILES string of the molecule is CCOc1ccc(C(=O)COC(=O)c2cc(=O)c3cc(Cl)ccc3o2)cc1. The second-order valence-corrected chi connectivity index (χ2v) is 6.01. The Hall–Kier alpha value is -3.12. The lowest BCUT2D eigenvalue weighted by Gasteiger charge is -2.06. The van der Waals surface area contributed by atoms with Crippen molar-refractivity contribution in [1.82, 2.24) is 0 Å². The number of hydrogen-bond acceptors (Lipinski definition) is 6. The maximum Gasteiger partial charge on any atom is 0.374 e. The molecule has 27 heavy (non-hydrogen) atoms. The number of benzene rings is 2. The average Bonchev–Trinajstić information content (AvgIpc) is 2.67. The number of carbonyl (C=O) groups is 2. The maximum atomic E-state index is 12.1. The van der Waals surface area contributed by atoms with Gasteiger partial charge in [-0.1, -0.05) is 11.6 Å². The third kappa shape index (κ3) is 4.35. The van der Waals surface area contributed by atoms with Crippen LogP contribution < -0.4 is 10.2 Å². The Morgan fingerprint density at radius 2 is 1.81 bits per heavy atom. The van der Waals surface area contributed by atoms with E-state index in [9.17, 15) is 14.4 Å². The molecule has 0 saturated heterocycles. The van der Waals surface area contributed by atoms with Crippen molar-refractivity contribution >= 4 is 34.3 Å². The molecule has 3 aromatic rings. The number of Topliss-reactive ketones (excluding diaryl/α,β-unsaturated/α-hetero) is 1. The Morgan fingerprint density at radius 3 is 2.52 bits per heavy atom. The van der Waals surface area contributed by atoms with E-state index in [4.69, 9.17) is 25.5 Å². The molecule has 0 aliphatic rings. The molecule has 0 bridgehead atoms. The van der Waals surface area contributed by atoms with Gasteiger partial charge in [0.25, 0.3) is 0 Å². The van der Waals surface area contributed by atoms with Gasteiger partial charge in [0.05, 0.1) is 12.0 Å². The van der Waals surface area contributed by atoms with Crippen LogP contribution in [0.1, 0.15) is 27.8 Å². The van der Waals surface area contributed by atoms with Crippen LogP contribution in [0.3, 0.4) is 0 Å². The molecule has 0 amide bonds. The summed E-state index contributed by atoms with van der Waals surface area (Å²) in [6.45, 7) is 1.90. The Labute approximate surface area is 159 Å². The monoisotopic (exact) mass is 386 g/mol. The number of carbonyl (C=O) groups excluding carboxylic acids is 2. The molecule has 138 valence electrons. The average molecular weight is 387 g/mol. The molecule has 0 saturated carbocycles. The molecule has 1 aromatic heterocycles. The van der Waals surface area contributed by atoms with Gasteiger partial charge in [-0.2, -0.15) is 0 Å². The van der Waals surface area contributed by atoms with Crippen LogP contribution in [0.4, 0.5) is 0 Å². The van der Waals surface area contributed by atoms with Gasteiger partial charge in [-0.15, -0.1) is 0 Å². The van der Waals surface area contributed by atoms with Gasteiger partial charge in [-0.05, 0) is 49.4 Å². The normalized spacial score (nSPS) is 10.6. The highest BCUT2D eigenvalue weighted by atomic mass is 35.5. The summed E-state index contributed by atoms with van der Waals surface area (Å²) in [6, 6.07) is 12.0. The van der Waals surface area contributed by atoms with Crippen LogP contribution in [-0.4, -0.2) is 25.0 Å². The molecule has 6 nitrogen and oxygen atoms in total. The van der Waals surface area contributed by atoms with Crippen LogP contribution in [0, 0.1) is 0 Å². The summed E-state index contributed by atoms with van der Waals surface area (Å²) in [6.07, 6.45) is 0. The van der Waals surface area contributed by atoms with Crippen molar-refractivity contribution in [2.75, 3.05) is 13.2 Å². The summed E-state index contributed by atoms with van der Waals surface area (Å²) in [5, 5.41) is 0.635. The van der Waals surface area contributed by atoms with Crippen molar-refractivity contribution < 1.29 is 23.5 Å². The van der Waals surface area contributed by atoms with Crippen LogP contribution in [-0.2, 0) is 4.74 Å². The van der Waals surface area contributed by atoms with E-state index in [0.29, 0.717) is 22.9 Å². The van der Waals surface area contributed by atoms with E-state index in [2.05, 4.69) is 0 Å². The summed E-state index contributed by atoms with van der Waals surface area (Å²) in [4.78, 5) is 36.4. The molecular weight excluding hydrogens is 372 g/mol. The van der Waals surface area contributed by atoms with Crippen molar-refractivity contribution in [2.24, 2.45) is 0 Å². The van der Waals surface area contributed by atoms with Gasteiger partial charge in [0.2, 0.25) is 5.76 Å². The van der Waals surface area contributed by atoms with Crippen molar-refractivity contribution in [1.29, 1.82) is 0 Å². The lowest BCUT2D eigenvalue weighted by Crippen LogP contribution is -2.16. The van der Waals surface area contributed by atoms with E-state index in [1.165, 1.54) is 18.2 Å². The van der Waals surface area contributed by atoms with Gasteiger partial charge >= 0.3 is 5.97 Å². The van der Waals surface area contributed by atoms with Gasteiger partial charge in [-0.3, -0.25) is 9.59 Å². The first kappa shape index (κ1) is 18.7. The van der Waals surface area contributed by atoms with Gasteiger partial charge in [0.1, 0.15) is 11.3 Å². The lowest BCUT2D eigenvalue weighted by atomic mass is 10.1. The Balaban J connectivity index is 1.70. The molecule has 0 fully saturated rings. The molecule has 0 aliphatic heterocycles. The largest absolute Gasteiger partial charge is 0.494 e. The number of esters is 1. The molecule has 0 radical (unpaired) electrons. The molecule has 7 heteroatoms. The fourth-order valence-electron chi connectivity index (χ4n) is 2.42. The zero-order chi connectivity index (χ0) is 19.4.